The molecular weight excluding hydrogens is 346 g/mol. The molecule has 1 heterocycles. The number of hydrogen-bond donors (Lipinski definition) is 1. The topological polar surface area (TPSA) is 79.8 Å². The Kier molecular flexibility index (Phi) is 8.84. The molecule has 0 saturated carbocycles. The van der Waals surface area contributed by atoms with Crippen molar-refractivity contribution in [3.63, 3.8) is 0 Å². The van der Waals surface area contributed by atoms with E-state index in [1.165, 1.54) is 6.42 Å². The smallest absolute Gasteiger partial charge is 0.162 e. The molecule has 0 fully saturated rings. The minimum atomic E-state index is 0.00787. The first-order valence-corrected chi connectivity index (χ1v) is 9.49. The maximum absolute atomic E-state index is 11.8. The van der Waals surface area contributed by atoms with Gasteiger partial charge in [0.25, 0.3) is 0 Å². The standard InChI is InChI=1S/C21H21N3O.C3H8/c1-5-18(13(3)7-14(4)20(25)6-2)19-9-17-12-24-21(23)10-15(17)8-16(19)11-22;1-3-2/h5,7-10,12H,4,6H2,1-3H3,(H2,23,24);3H2,1-2H3/b13-7-,18-5+;. The van der Waals surface area contributed by atoms with Crippen molar-refractivity contribution < 1.29 is 4.79 Å². The van der Waals surface area contributed by atoms with Gasteiger partial charge >= 0.3 is 0 Å². The molecule has 2 aromatic rings. The molecule has 0 amide bonds. The number of allylic oxidation sites excluding steroid dienone is 5. The fraction of sp³-hybridized carbons (Fsp3) is 0.292. The number of nitrogens with zero attached hydrogens (tertiary/aromatic N) is 2. The summed E-state index contributed by atoms with van der Waals surface area (Å²) >= 11 is 0. The number of rotatable bonds is 5. The van der Waals surface area contributed by atoms with Gasteiger partial charge in [0.15, 0.2) is 5.78 Å². The highest BCUT2D eigenvalue weighted by Crippen LogP contribution is 2.30. The normalized spacial score (nSPS) is 11.4. The van der Waals surface area contributed by atoms with E-state index in [2.05, 4.69) is 31.5 Å². The van der Waals surface area contributed by atoms with E-state index in [4.69, 9.17) is 5.73 Å². The van der Waals surface area contributed by atoms with Gasteiger partial charge in [-0.3, -0.25) is 4.79 Å². The molecule has 0 aliphatic carbocycles. The molecule has 0 saturated heterocycles. The number of benzene rings is 1. The summed E-state index contributed by atoms with van der Waals surface area (Å²) < 4.78 is 0. The second-order valence-corrected chi connectivity index (χ2v) is 6.50. The van der Waals surface area contributed by atoms with Crippen molar-refractivity contribution in [2.75, 3.05) is 5.73 Å². The fourth-order valence-corrected chi connectivity index (χ4v) is 2.77. The summed E-state index contributed by atoms with van der Waals surface area (Å²) in [5, 5.41) is 11.3. The van der Waals surface area contributed by atoms with Crippen LogP contribution in [0, 0.1) is 11.3 Å². The largest absolute Gasteiger partial charge is 0.384 e. The fourth-order valence-electron chi connectivity index (χ4n) is 2.77. The monoisotopic (exact) mass is 375 g/mol. The zero-order chi connectivity index (χ0) is 21.3. The lowest BCUT2D eigenvalue weighted by Gasteiger charge is -2.12. The molecule has 146 valence electrons. The summed E-state index contributed by atoms with van der Waals surface area (Å²) in [6, 6.07) is 7.73. The van der Waals surface area contributed by atoms with Gasteiger partial charge < -0.3 is 5.73 Å². The van der Waals surface area contributed by atoms with Crippen molar-refractivity contribution >= 4 is 27.9 Å². The molecule has 2 N–H and O–H groups in total. The maximum Gasteiger partial charge on any atom is 0.162 e. The Morgan fingerprint density at radius 2 is 1.89 bits per heavy atom. The summed E-state index contributed by atoms with van der Waals surface area (Å²) in [5.41, 5.74) is 9.31. The van der Waals surface area contributed by atoms with E-state index < -0.39 is 0 Å². The Morgan fingerprint density at radius 1 is 1.25 bits per heavy atom. The lowest BCUT2D eigenvalue weighted by Crippen LogP contribution is -1.99. The van der Waals surface area contributed by atoms with Crippen LogP contribution in [0.4, 0.5) is 5.82 Å². The average molecular weight is 376 g/mol. The quantitative estimate of drug-likeness (QED) is 0.514. The molecule has 28 heavy (non-hydrogen) atoms. The summed E-state index contributed by atoms with van der Waals surface area (Å²) in [6.07, 6.45) is 7.07. The molecule has 0 aliphatic heterocycles. The van der Waals surface area contributed by atoms with E-state index in [1.807, 2.05) is 39.0 Å². The minimum Gasteiger partial charge on any atom is -0.384 e. The predicted octanol–water partition coefficient (Wildman–Crippen LogP) is 5.99. The highest BCUT2D eigenvalue weighted by Gasteiger charge is 2.12. The lowest BCUT2D eigenvalue weighted by molar-refractivity contribution is -0.114. The molecule has 4 heteroatoms. The molecule has 1 aromatic heterocycles. The van der Waals surface area contributed by atoms with Crippen LogP contribution >= 0.6 is 0 Å². The minimum absolute atomic E-state index is 0.00787. The first kappa shape index (κ1) is 22.9. The Morgan fingerprint density at radius 3 is 2.43 bits per heavy atom. The molecule has 0 spiro atoms. The number of nitrogens with two attached hydrogens (primary N) is 1. The molecule has 0 unspecified atom stereocenters. The Labute approximate surface area is 168 Å². The number of pyridine rings is 1. The van der Waals surface area contributed by atoms with Crippen molar-refractivity contribution in [3.8, 4) is 6.07 Å². The van der Waals surface area contributed by atoms with Gasteiger partial charge in [0.05, 0.1) is 11.6 Å². The predicted molar refractivity (Wildman–Crippen MR) is 119 cm³/mol. The molecule has 0 bridgehead atoms. The van der Waals surface area contributed by atoms with Crippen LogP contribution in [0.2, 0.25) is 0 Å². The number of fused-ring (bicyclic) bond motifs is 1. The number of nitriles is 1. The van der Waals surface area contributed by atoms with Crippen LogP contribution in [0.15, 0.2) is 54.3 Å². The van der Waals surface area contributed by atoms with Crippen molar-refractivity contribution in [2.24, 2.45) is 0 Å². The van der Waals surface area contributed by atoms with Gasteiger partial charge in [0, 0.05) is 29.1 Å². The SMILES string of the molecule is C=C(/C=C(C)\C(=C/C)c1cc2cnc(N)cc2cc1C#N)C(=O)CC.CCC. The van der Waals surface area contributed by atoms with Crippen LogP contribution in [0.5, 0.6) is 0 Å². The van der Waals surface area contributed by atoms with E-state index >= 15 is 0 Å². The van der Waals surface area contributed by atoms with E-state index in [9.17, 15) is 10.1 Å². The summed E-state index contributed by atoms with van der Waals surface area (Å²) in [6.45, 7) is 13.7. The van der Waals surface area contributed by atoms with Crippen LogP contribution in [0.1, 0.15) is 58.6 Å². The highest BCUT2D eigenvalue weighted by atomic mass is 16.1. The number of carbonyl (C=O) groups is 1. The third kappa shape index (κ3) is 5.65. The first-order valence-electron chi connectivity index (χ1n) is 9.49. The van der Waals surface area contributed by atoms with Crippen LogP contribution in [0.3, 0.4) is 0 Å². The van der Waals surface area contributed by atoms with E-state index in [0.717, 1.165) is 27.5 Å². The highest BCUT2D eigenvalue weighted by molar-refractivity contribution is 5.99. The molecule has 0 aliphatic rings. The van der Waals surface area contributed by atoms with E-state index in [-0.39, 0.29) is 5.78 Å². The van der Waals surface area contributed by atoms with Gasteiger partial charge in [-0.1, -0.05) is 39.8 Å². The number of Topliss-reactive ketones (excluding diaryl/α,β-unsaturated/α-hetero) is 1. The molecule has 0 atom stereocenters. The Bertz CT molecular complexity index is 975. The van der Waals surface area contributed by atoms with Crippen molar-refractivity contribution in [1.29, 1.82) is 5.26 Å². The van der Waals surface area contributed by atoms with Crippen LogP contribution in [-0.4, -0.2) is 10.8 Å². The summed E-state index contributed by atoms with van der Waals surface area (Å²) in [4.78, 5) is 15.9. The third-order valence-corrected chi connectivity index (χ3v) is 4.07. The number of carbonyl (C=O) groups excluding carboxylic acids is 1. The van der Waals surface area contributed by atoms with E-state index in [1.54, 1.807) is 18.3 Å². The Balaban J connectivity index is 0.00000122. The first-order chi connectivity index (χ1) is 13.3. The van der Waals surface area contributed by atoms with Gasteiger partial charge in [-0.2, -0.15) is 5.26 Å². The Hall–Kier alpha value is -3.19. The van der Waals surface area contributed by atoms with Crippen LogP contribution < -0.4 is 5.73 Å². The van der Waals surface area contributed by atoms with Crippen molar-refractivity contribution in [1.82, 2.24) is 4.98 Å². The number of hydrogen-bond acceptors (Lipinski definition) is 4. The number of aromatic nitrogens is 1. The molecule has 1 aromatic carbocycles. The van der Waals surface area contributed by atoms with Gasteiger partial charge in [0.1, 0.15) is 5.82 Å². The second-order valence-electron chi connectivity index (χ2n) is 6.50. The number of ketones is 1. The number of nitrogen functional groups attached to an aromatic ring is 1. The molecule has 0 radical (unpaired) electrons. The van der Waals surface area contributed by atoms with Gasteiger partial charge in [-0.15, -0.1) is 0 Å². The number of anilines is 1. The maximum atomic E-state index is 11.8. The van der Waals surface area contributed by atoms with Gasteiger partial charge in [-0.05, 0) is 54.7 Å². The summed E-state index contributed by atoms with van der Waals surface area (Å²) in [7, 11) is 0. The molecule has 2 rings (SSSR count). The van der Waals surface area contributed by atoms with Gasteiger partial charge in [0.2, 0.25) is 0 Å². The zero-order valence-electron chi connectivity index (χ0n) is 17.5. The zero-order valence-corrected chi connectivity index (χ0v) is 17.5. The molecular formula is C24H29N3O. The van der Waals surface area contributed by atoms with Crippen molar-refractivity contribution in [2.45, 2.75) is 47.5 Å². The second kappa shape index (κ2) is 10.8. The van der Waals surface area contributed by atoms with Gasteiger partial charge in [-0.25, -0.2) is 4.98 Å². The molecule has 4 nitrogen and oxygen atoms in total. The third-order valence-electron chi connectivity index (χ3n) is 4.07. The van der Waals surface area contributed by atoms with Crippen molar-refractivity contribution in [3.05, 3.63) is 65.4 Å². The van der Waals surface area contributed by atoms with E-state index in [0.29, 0.717) is 23.4 Å². The van der Waals surface area contributed by atoms with Crippen LogP contribution in [-0.2, 0) is 4.79 Å². The van der Waals surface area contributed by atoms with Crippen LogP contribution in [0.25, 0.3) is 16.3 Å². The lowest BCUT2D eigenvalue weighted by atomic mass is 9.91. The summed E-state index contributed by atoms with van der Waals surface area (Å²) in [5.74, 6) is 0.425. The average Bonchev–Trinajstić information content (AvgIpc) is 2.67.